The Hall–Kier alpha value is -5.78. The zero-order chi connectivity index (χ0) is 42.3. The van der Waals surface area contributed by atoms with Gasteiger partial charge >= 0.3 is 0 Å². The van der Waals surface area contributed by atoms with Crippen molar-refractivity contribution in [3.05, 3.63) is 130 Å². The minimum atomic E-state index is -1.01. The predicted octanol–water partition coefficient (Wildman–Crippen LogP) is 7.00. The molecule has 0 aromatic heterocycles. The number of halogens is 1. The number of aromatic hydroxyl groups is 1. The van der Waals surface area contributed by atoms with Crippen molar-refractivity contribution in [2.24, 2.45) is 5.41 Å². The van der Waals surface area contributed by atoms with Crippen molar-refractivity contribution in [2.75, 3.05) is 43.5 Å². The number of allylic oxidation sites excluding steroid dienone is 1. The molecule has 4 aromatic carbocycles. The normalized spacial score (nSPS) is 20.5. The van der Waals surface area contributed by atoms with E-state index in [0.717, 1.165) is 97.4 Å². The molecular formula is C49H50ClN5O6. The molecule has 0 bridgehead atoms. The van der Waals surface area contributed by atoms with E-state index < -0.39 is 29.7 Å². The molecule has 1 atom stereocenters. The van der Waals surface area contributed by atoms with Gasteiger partial charge in [-0.05, 0) is 139 Å². The van der Waals surface area contributed by atoms with Gasteiger partial charge in [0.05, 0.1) is 17.7 Å². The summed E-state index contributed by atoms with van der Waals surface area (Å²) in [5.41, 5.74) is 9.38. The van der Waals surface area contributed by atoms with E-state index in [9.17, 15) is 29.1 Å². The van der Waals surface area contributed by atoms with Crippen molar-refractivity contribution in [3.8, 4) is 5.75 Å². The highest BCUT2D eigenvalue weighted by Gasteiger charge is 2.46. The van der Waals surface area contributed by atoms with Gasteiger partial charge in [-0.2, -0.15) is 0 Å². The smallest absolute Gasteiger partial charge is 0.262 e. The number of anilines is 1. The molecule has 314 valence electrons. The number of piperidine rings is 3. The Bertz CT molecular complexity index is 2350. The van der Waals surface area contributed by atoms with Crippen LogP contribution >= 0.6 is 11.6 Å². The molecule has 11 nitrogen and oxygen atoms in total. The van der Waals surface area contributed by atoms with Gasteiger partial charge in [0.2, 0.25) is 17.7 Å². The van der Waals surface area contributed by atoms with Crippen LogP contribution in [0.3, 0.4) is 0 Å². The molecule has 5 heterocycles. The van der Waals surface area contributed by atoms with Crippen molar-refractivity contribution >= 4 is 58.0 Å². The number of rotatable bonds is 10. The van der Waals surface area contributed by atoms with Gasteiger partial charge in [0, 0.05) is 44.2 Å². The molecule has 3 saturated heterocycles. The van der Waals surface area contributed by atoms with Crippen LogP contribution in [0, 0.1) is 5.41 Å². The van der Waals surface area contributed by atoms with Gasteiger partial charge < -0.3 is 14.9 Å². The second kappa shape index (κ2) is 16.9. The predicted molar refractivity (Wildman–Crippen MR) is 234 cm³/mol. The lowest BCUT2D eigenvalue weighted by atomic mass is 9.71. The fraction of sp³-hybridized carbons (Fsp3) is 0.367. The molecule has 5 aliphatic rings. The van der Waals surface area contributed by atoms with E-state index in [1.165, 1.54) is 16.8 Å². The Morgan fingerprint density at radius 3 is 1.93 bits per heavy atom. The van der Waals surface area contributed by atoms with Crippen LogP contribution in [-0.2, 0) is 27.5 Å². The summed E-state index contributed by atoms with van der Waals surface area (Å²) in [5, 5.41) is 12.3. The van der Waals surface area contributed by atoms with E-state index >= 15 is 0 Å². The van der Waals surface area contributed by atoms with Crippen LogP contribution in [0.1, 0.15) is 99.9 Å². The second-order valence-electron chi connectivity index (χ2n) is 17.2. The summed E-state index contributed by atoms with van der Waals surface area (Å²) in [5.74, 6) is -1.26. The number of hydrogen-bond acceptors (Lipinski definition) is 8. The third kappa shape index (κ3) is 8.09. The molecule has 0 radical (unpaired) electrons. The summed E-state index contributed by atoms with van der Waals surface area (Å²) in [6.07, 6.45) is 6.20. The molecule has 5 amide bonds. The Morgan fingerprint density at radius 2 is 1.34 bits per heavy atom. The summed E-state index contributed by atoms with van der Waals surface area (Å²) >= 11 is 6.21. The lowest BCUT2D eigenvalue weighted by Gasteiger charge is -2.47. The molecule has 61 heavy (non-hydrogen) atoms. The van der Waals surface area contributed by atoms with E-state index in [1.54, 1.807) is 29.2 Å². The highest BCUT2D eigenvalue weighted by atomic mass is 35.5. The van der Waals surface area contributed by atoms with Crippen LogP contribution in [0.5, 0.6) is 5.75 Å². The number of carbonyl (C=O) groups is 5. The van der Waals surface area contributed by atoms with Crippen molar-refractivity contribution in [2.45, 2.75) is 70.5 Å². The Morgan fingerprint density at radius 1 is 0.754 bits per heavy atom. The van der Waals surface area contributed by atoms with Gasteiger partial charge in [-0.25, -0.2) is 0 Å². The van der Waals surface area contributed by atoms with Crippen LogP contribution in [0.15, 0.2) is 91.0 Å². The molecule has 1 spiro atoms. The lowest BCUT2D eigenvalue weighted by molar-refractivity contribution is -0.136. The summed E-state index contributed by atoms with van der Waals surface area (Å²) < 4.78 is 0. The third-order valence-electron chi connectivity index (χ3n) is 13.6. The van der Waals surface area contributed by atoms with Gasteiger partial charge in [0.15, 0.2) is 0 Å². The molecule has 2 N–H and O–H groups in total. The third-order valence-corrected chi connectivity index (χ3v) is 13.9. The molecular weight excluding hydrogens is 790 g/mol. The molecule has 1 unspecified atom stereocenters. The van der Waals surface area contributed by atoms with E-state index in [0.29, 0.717) is 25.5 Å². The number of likely N-dealkylation sites (tertiary alicyclic amines) is 1. The monoisotopic (exact) mass is 839 g/mol. The lowest BCUT2D eigenvalue weighted by Crippen LogP contribution is -2.54. The van der Waals surface area contributed by atoms with E-state index in [1.807, 2.05) is 18.2 Å². The maximum atomic E-state index is 13.6. The van der Waals surface area contributed by atoms with Crippen molar-refractivity contribution in [1.29, 1.82) is 0 Å². The number of nitrogens with one attached hydrogen (secondary N) is 1. The average molecular weight is 840 g/mol. The first kappa shape index (κ1) is 40.6. The van der Waals surface area contributed by atoms with Gasteiger partial charge in [-0.3, -0.25) is 39.1 Å². The van der Waals surface area contributed by atoms with E-state index in [4.69, 9.17) is 11.6 Å². The fourth-order valence-electron chi connectivity index (χ4n) is 10.0. The topological polar surface area (TPSA) is 131 Å². The standard InChI is InChI=1S/C49H50ClN5O6/c50-22-4-7-39(32-5-2-1-3-6-32)45(34-10-14-38(56)15-11-34)33-8-12-37(13-9-33)53-25-20-49(21-26-53)18-23-52(24-19-49)31-44(58)54-29-35-27-40-41(28-36(35)30-54)48(61)55(47(40)60)42-16-17-43(57)51-46(42)59/h1-3,5-6,8-15,27-28,42,56H,4,7,16-26,29-31H2,(H,51,57,59)/b45-39+. The number of phenolic OH excluding ortho intramolecular Hbond substituents is 1. The maximum Gasteiger partial charge on any atom is 0.262 e. The van der Waals surface area contributed by atoms with Crippen LogP contribution in [-0.4, -0.2) is 94.0 Å². The van der Waals surface area contributed by atoms with Crippen molar-refractivity contribution < 1.29 is 29.1 Å². The molecule has 3 fully saturated rings. The Kier molecular flexibility index (Phi) is 11.3. The molecule has 0 saturated carbocycles. The first-order valence-corrected chi connectivity index (χ1v) is 22.0. The van der Waals surface area contributed by atoms with Gasteiger partial charge in [-0.15, -0.1) is 11.6 Å². The SMILES string of the molecule is O=C1CCC(N2C(=O)c3cc4c(cc3C2=O)CN(C(=O)CN2CCC3(CC2)CCN(c2ccc(/C(=C(/CCCCl)c5ccccc5)c5ccc(O)cc5)cc2)CC3)C4)C(=O)N1. The number of benzene rings is 4. The van der Waals surface area contributed by atoms with Crippen LogP contribution in [0.2, 0.25) is 0 Å². The Labute approximate surface area is 361 Å². The first-order valence-electron chi connectivity index (χ1n) is 21.5. The number of alkyl halides is 1. The minimum Gasteiger partial charge on any atom is -0.508 e. The largest absolute Gasteiger partial charge is 0.508 e. The number of hydrogen-bond donors (Lipinski definition) is 2. The quantitative estimate of drug-likeness (QED) is 0.0993. The van der Waals surface area contributed by atoms with E-state index in [2.05, 4.69) is 63.6 Å². The number of phenols is 1. The van der Waals surface area contributed by atoms with Gasteiger partial charge in [0.25, 0.3) is 11.8 Å². The molecule has 4 aromatic rings. The number of nitrogens with zero attached hydrogens (tertiary/aromatic N) is 4. The van der Waals surface area contributed by atoms with Crippen LogP contribution in [0.4, 0.5) is 5.69 Å². The molecule has 9 rings (SSSR count). The average Bonchev–Trinajstić information content (AvgIpc) is 3.81. The van der Waals surface area contributed by atoms with Crippen molar-refractivity contribution in [1.82, 2.24) is 20.0 Å². The summed E-state index contributed by atoms with van der Waals surface area (Å²) in [6, 6.07) is 29.3. The number of amides is 5. The van der Waals surface area contributed by atoms with Crippen LogP contribution in [0.25, 0.3) is 11.1 Å². The zero-order valence-corrected chi connectivity index (χ0v) is 35.0. The maximum absolute atomic E-state index is 13.6. The Balaban J connectivity index is 0.797. The summed E-state index contributed by atoms with van der Waals surface area (Å²) in [7, 11) is 0. The number of imide groups is 2. The summed E-state index contributed by atoms with van der Waals surface area (Å²) in [4.78, 5) is 72.0. The van der Waals surface area contributed by atoms with E-state index in [-0.39, 0.29) is 41.0 Å². The van der Waals surface area contributed by atoms with Crippen LogP contribution < -0.4 is 10.2 Å². The zero-order valence-electron chi connectivity index (χ0n) is 34.2. The second-order valence-corrected chi connectivity index (χ2v) is 17.6. The highest BCUT2D eigenvalue weighted by molar-refractivity contribution is 6.23. The van der Waals surface area contributed by atoms with Gasteiger partial charge in [0.1, 0.15) is 11.8 Å². The molecule has 12 heteroatoms. The first-order chi connectivity index (χ1) is 29.6. The highest BCUT2D eigenvalue weighted by Crippen LogP contribution is 2.43. The molecule has 5 aliphatic heterocycles. The van der Waals surface area contributed by atoms with Crippen molar-refractivity contribution in [3.63, 3.8) is 0 Å². The number of fused-ring (bicyclic) bond motifs is 2. The number of carbonyl (C=O) groups excluding carboxylic acids is 5. The summed E-state index contributed by atoms with van der Waals surface area (Å²) in [6.45, 7) is 4.77. The molecule has 0 aliphatic carbocycles. The minimum absolute atomic E-state index is 0.0340. The fourth-order valence-corrected chi connectivity index (χ4v) is 10.2. The van der Waals surface area contributed by atoms with Gasteiger partial charge in [-0.1, -0.05) is 54.6 Å².